The Morgan fingerprint density at radius 2 is 2.25 bits per heavy atom. The van der Waals surface area contributed by atoms with Gasteiger partial charge in [0.2, 0.25) is 9.05 Å². The third-order valence-electron chi connectivity index (χ3n) is 2.54. The lowest BCUT2D eigenvalue weighted by Crippen LogP contribution is -2.18. The molecule has 2 rings (SSSR count). The molecule has 88 valence electrons. The van der Waals surface area contributed by atoms with Crippen molar-refractivity contribution in [1.29, 1.82) is 0 Å². The Morgan fingerprint density at radius 3 is 2.88 bits per heavy atom. The fourth-order valence-corrected chi connectivity index (χ4v) is 3.18. The molecule has 0 bridgehead atoms. The second-order valence-corrected chi connectivity index (χ2v) is 6.32. The van der Waals surface area contributed by atoms with E-state index in [0.29, 0.717) is 30.1 Å². The van der Waals surface area contributed by atoms with Gasteiger partial charge in [0, 0.05) is 22.7 Å². The van der Waals surface area contributed by atoms with E-state index in [-0.39, 0.29) is 0 Å². The molecule has 0 N–H and O–H groups in total. The summed E-state index contributed by atoms with van der Waals surface area (Å²) in [6.07, 6.45) is 0.367. The normalized spacial score (nSPS) is 19.8. The SMILES string of the molecule is COc1ccc2c(c1)C(S(=O)(=O)Cl)CCO2. The number of fused-ring (bicyclic) bond motifs is 1. The van der Waals surface area contributed by atoms with Crippen molar-refractivity contribution >= 4 is 19.7 Å². The Hall–Kier alpha value is -0.940. The van der Waals surface area contributed by atoms with E-state index in [2.05, 4.69) is 0 Å². The van der Waals surface area contributed by atoms with Crippen LogP contribution in [0.1, 0.15) is 17.2 Å². The molecule has 0 amide bonds. The molecule has 0 saturated carbocycles. The highest BCUT2D eigenvalue weighted by atomic mass is 35.7. The molecule has 1 aliphatic rings. The van der Waals surface area contributed by atoms with Gasteiger partial charge in [0.1, 0.15) is 16.7 Å². The van der Waals surface area contributed by atoms with Gasteiger partial charge in [0.05, 0.1) is 13.7 Å². The third kappa shape index (κ3) is 2.10. The smallest absolute Gasteiger partial charge is 0.239 e. The van der Waals surface area contributed by atoms with Crippen molar-refractivity contribution in [3.63, 3.8) is 0 Å². The molecule has 0 saturated heterocycles. The topological polar surface area (TPSA) is 52.6 Å². The summed E-state index contributed by atoms with van der Waals surface area (Å²) in [6, 6.07) is 5.07. The van der Waals surface area contributed by atoms with Crippen LogP contribution in [0.4, 0.5) is 0 Å². The lowest BCUT2D eigenvalue weighted by Gasteiger charge is -2.24. The van der Waals surface area contributed by atoms with Crippen LogP contribution in [-0.2, 0) is 9.05 Å². The quantitative estimate of drug-likeness (QED) is 0.766. The largest absolute Gasteiger partial charge is 0.497 e. The molecule has 0 spiro atoms. The maximum Gasteiger partial charge on any atom is 0.239 e. The highest BCUT2D eigenvalue weighted by Gasteiger charge is 2.31. The first-order valence-electron chi connectivity index (χ1n) is 4.76. The molecule has 1 atom stereocenters. The molecule has 0 radical (unpaired) electrons. The molecule has 0 aliphatic carbocycles. The van der Waals surface area contributed by atoms with E-state index in [1.165, 1.54) is 7.11 Å². The van der Waals surface area contributed by atoms with Gasteiger partial charge >= 0.3 is 0 Å². The molecular weight excluding hydrogens is 252 g/mol. The minimum Gasteiger partial charge on any atom is -0.497 e. The lowest BCUT2D eigenvalue weighted by molar-refractivity contribution is 0.283. The van der Waals surface area contributed by atoms with Crippen molar-refractivity contribution in [3.05, 3.63) is 23.8 Å². The second-order valence-electron chi connectivity index (χ2n) is 3.51. The third-order valence-corrected chi connectivity index (χ3v) is 4.36. The van der Waals surface area contributed by atoms with E-state index in [1.807, 2.05) is 0 Å². The van der Waals surface area contributed by atoms with Crippen LogP contribution in [0.3, 0.4) is 0 Å². The van der Waals surface area contributed by atoms with Gasteiger partial charge in [0.15, 0.2) is 0 Å². The molecule has 16 heavy (non-hydrogen) atoms. The van der Waals surface area contributed by atoms with Gasteiger partial charge < -0.3 is 9.47 Å². The van der Waals surface area contributed by atoms with E-state index in [1.54, 1.807) is 18.2 Å². The fourth-order valence-electron chi connectivity index (χ4n) is 1.76. The lowest BCUT2D eigenvalue weighted by atomic mass is 10.1. The van der Waals surface area contributed by atoms with E-state index in [0.717, 1.165) is 0 Å². The summed E-state index contributed by atoms with van der Waals surface area (Å²) in [5.74, 6) is 1.15. The van der Waals surface area contributed by atoms with Crippen LogP contribution in [0.2, 0.25) is 0 Å². The molecule has 1 unspecified atom stereocenters. The van der Waals surface area contributed by atoms with Gasteiger partial charge in [-0.15, -0.1) is 0 Å². The van der Waals surface area contributed by atoms with Crippen molar-refractivity contribution in [1.82, 2.24) is 0 Å². The van der Waals surface area contributed by atoms with Crippen LogP contribution < -0.4 is 9.47 Å². The predicted octanol–water partition coefficient (Wildman–Crippen LogP) is 2.09. The number of benzene rings is 1. The number of ether oxygens (including phenoxy) is 2. The average molecular weight is 263 g/mol. The number of rotatable bonds is 2. The summed E-state index contributed by atoms with van der Waals surface area (Å²) in [7, 11) is 3.31. The van der Waals surface area contributed by atoms with Crippen molar-refractivity contribution in [2.24, 2.45) is 0 Å². The Labute approximate surface area is 98.5 Å². The highest BCUT2D eigenvalue weighted by molar-refractivity contribution is 8.13. The monoisotopic (exact) mass is 262 g/mol. The number of hydrogen-bond acceptors (Lipinski definition) is 4. The molecule has 0 fully saturated rings. The molecule has 1 heterocycles. The first kappa shape index (κ1) is 11.5. The van der Waals surface area contributed by atoms with Gasteiger partial charge in [-0.3, -0.25) is 0 Å². The second kappa shape index (κ2) is 4.14. The summed E-state index contributed by atoms with van der Waals surface area (Å²) >= 11 is 0. The molecule has 1 aliphatic heterocycles. The van der Waals surface area contributed by atoms with Crippen LogP contribution >= 0.6 is 10.7 Å². The van der Waals surface area contributed by atoms with Crippen LogP contribution in [0.15, 0.2) is 18.2 Å². The van der Waals surface area contributed by atoms with E-state index >= 15 is 0 Å². The zero-order valence-corrected chi connectivity index (χ0v) is 10.2. The zero-order valence-electron chi connectivity index (χ0n) is 8.64. The molecule has 1 aromatic carbocycles. The summed E-state index contributed by atoms with van der Waals surface area (Å²) < 4.78 is 33.3. The first-order valence-corrected chi connectivity index (χ1v) is 7.14. The van der Waals surface area contributed by atoms with Gasteiger partial charge in [-0.25, -0.2) is 8.42 Å². The van der Waals surface area contributed by atoms with Gasteiger partial charge in [-0.1, -0.05) is 0 Å². The number of halogens is 1. The minimum atomic E-state index is -3.63. The maximum absolute atomic E-state index is 11.4. The molecule has 6 heteroatoms. The van der Waals surface area contributed by atoms with Crippen molar-refractivity contribution in [2.45, 2.75) is 11.7 Å². The van der Waals surface area contributed by atoms with Gasteiger partial charge in [-0.2, -0.15) is 0 Å². The average Bonchev–Trinajstić information content (AvgIpc) is 2.26. The summed E-state index contributed by atoms with van der Waals surface area (Å²) in [6.45, 7) is 0.357. The molecule has 1 aromatic rings. The van der Waals surface area contributed by atoms with Crippen molar-refractivity contribution in [3.8, 4) is 11.5 Å². The molecule has 4 nitrogen and oxygen atoms in total. The zero-order chi connectivity index (χ0) is 11.8. The van der Waals surface area contributed by atoms with Crippen LogP contribution in [0.5, 0.6) is 11.5 Å². The Kier molecular flexibility index (Phi) is 2.99. The predicted molar refractivity (Wildman–Crippen MR) is 60.6 cm³/mol. The standard InChI is InChI=1S/C10H11ClO4S/c1-14-7-2-3-9-8(6-7)10(4-5-15-9)16(11,12)13/h2-3,6,10H,4-5H2,1H3. The molecular formula is C10H11ClO4S. The van der Waals surface area contributed by atoms with Crippen molar-refractivity contribution in [2.75, 3.05) is 13.7 Å². The van der Waals surface area contributed by atoms with Crippen molar-refractivity contribution < 1.29 is 17.9 Å². The summed E-state index contributed by atoms with van der Waals surface area (Å²) in [5.41, 5.74) is 0.570. The van der Waals surface area contributed by atoms with E-state index in [9.17, 15) is 8.42 Å². The van der Waals surface area contributed by atoms with Crippen LogP contribution in [-0.4, -0.2) is 22.1 Å². The van der Waals surface area contributed by atoms with Crippen LogP contribution in [0.25, 0.3) is 0 Å². The number of methoxy groups -OCH3 is 1. The van der Waals surface area contributed by atoms with Gasteiger partial charge in [-0.05, 0) is 18.2 Å². The first-order chi connectivity index (χ1) is 7.52. The minimum absolute atomic E-state index is 0.357. The van der Waals surface area contributed by atoms with E-state index < -0.39 is 14.3 Å². The summed E-state index contributed by atoms with van der Waals surface area (Å²) in [5, 5.41) is -0.715. The summed E-state index contributed by atoms with van der Waals surface area (Å²) in [4.78, 5) is 0. The Morgan fingerprint density at radius 1 is 1.50 bits per heavy atom. The fraction of sp³-hybridized carbons (Fsp3) is 0.400. The number of hydrogen-bond donors (Lipinski definition) is 0. The Bertz CT molecular complexity index is 498. The Balaban J connectivity index is 2.52. The molecule has 0 aromatic heterocycles. The maximum atomic E-state index is 11.4. The van der Waals surface area contributed by atoms with E-state index in [4.69, 9.17) is 20.2 Å². The van der Waals surface area contributed by atoms with Crippen LogP contribution in [0, 0.1) is 0 Å². The van der Waals surface area contributed by atoms with Gasteiger partial charge in [0.25, 0.3) is 0 Å². The highest BCUT2D eigenvalue weighted by Crippen LogP contribution is 2.40.